The number of carbonyl (C=O) groups is 2. The number of nitrogens with one attached hydrogen (secondary N) is 1. The van der Waals surface area contributed by atoms with E-state index < -0.39 is 35.9 Å². The van der Waals surface area contributed by atoms with Crippen molar-refractivity contribution in [2.24, 2.45) is 0 Å². The molecule has 2 heterocycles. The molecule has 0 saturated carbocycles. The van der Waals surface area contributed by atoms with Gasteiger partial charge in [0.05, 0.1) is 18.3 Å². The number of hydrogen-bond acceptors (Lipinski definition) is 4. The molecule has 2 amide bonds. The van der Waals surface area contributed by atoms with Crippen molar-refractivity contribution in [1.82, 2.24) is 15.2 Å². The quantitative estimate of drug-likeness (QED) is 0.684. The van der Waals surface area contributed by atoms with Crippen LogP contribution in [0.3, 0.4) is 0 Å². The summed E-state index contributed by atoms with van der Waals surface area (Å²) in [5.74, 6) is -0.0964. The van der Waals surface area contributed by atoms with Gasteiger partial charge in [-0.3, -0.25) is 14.7 Å². The molecule has 178 valence electrons. The Morgan fingerprint density at radius 3 is 2.45 bits per heavy atom. The molecule has 3 atom stereocenters. The zero-order valence-electron chi connectivity index (χ0n) is 20.3. The molecular formula is C26H34FN3O3. The first-order valence-corrected chi connectivity index (χ1v) is 11.4. The molecule has 6 nitrogen and oxygen atoms in total. The van der Waals surface area contributed by atoms with Gasteiger partial charge in [0.25, 0.3) is 0 Å². The number of likely N-dealkylation sites (tertiary alicyclic amines) is 1. The van der Waals surface area contributed by atoms with Crippen molar-refractivity contribution in [2.45, 2.75) is 77.7 Å². The summed E-state index contributed by atoms with van der Waals surface area (Å²) in [7, 11) is 0. The third-order valence-corrected chi connectivity index (χ3v) is 5.69. The number of halogens is 1. The third kappa shape index (κ3) is 6.09. The first-order valence-electron chi connectivity index (χ1n) is 11.4. The lowest BCUT2D eigenvalue weighted by Crippen LogP contribution is -2.48. The lowest BCUT2D eigenvalue weighted by Gasteiger charge is -2.29. The molecule has 0 unspecified atom stereocenters. The number of ether oxygens (including phenoxy) is 1. The molecular weight excluding hydrogens is 421 g/mol. The zero-order valence-corrected chi connectivity index (χ0v) is 20.3. The molecule has 7 heteroatoms. The van der Waals surface area contributed by atoms with Crippen LogP contribution in [0.25, 0.3) is 0 Å². The van der Waals surface area contributed by atoms with Crippen LogP contribution in [0, 0.1) is 6.92 Å². The maximum atomic E-state index is 14.3. The third-order valence-electron chi connectivity index (χ3n) is 5.69. The molecule has 1 N–H and O–H groups in total. The summed E-state index contributed by atoms with van der Waals surface area (Å²) in [4.78, 5) is 31.8. The van der Waals surface area contributed by atoms with E-state index in [1.165, 1.54) is 4.90 Å². The summed E-state index contributed by atoms with van der Waals surface area (Å²) in [6.45, 7) is 11.3. The number of aromatic nitrogens is 1. The summed E-state index contributed by atoms with van der Waals surface area (Å²) >= 11 is 0. The van der Waals surface area contributed by atoms with E-state index in [2.05, 4.69) is 24.1 Å². The molecule has 1 aromatic carbocycles. The highest BCUT2D eigenvalue weighted by Gasteiger charge is 2.42. The maximum absolute atomic E-state index is 14.3. The number of nitrogens with zero attached hydrogens (tertiary/aromatic N) is 2. The van der Waals surface area contributed by atoms with Gasteiger partial charge >= 0.3 is 6.09 Å². The van der Waals surface area contributed by atoms with Gasteiger partial charge in [0, 0.05) is 12.6 Å². The van der Waals surface area contributed by atoms with E-state index >= 15 is 0 Å². The Hall–Kier alpha value is -2.96. The predicted octanol–water partition coefficient (Wildman–Crippen LogP) is 5.07. The van der Waals surface area contributed by atoms with Gasteiger partial charge in [-0.2, -0.15) is 0 Å². The first-order chi connectivity index (χ1) is 15.5. The van der Waals surface area contributed by atoms with Crippen LogP contribution in [0.2, 0.25) is 0 Å². The van der Waals surface area contributed by atoms with E-state index in [9.17, 15) is 14.0 Å². The van der Waals surface area contributed by atoms with Crippen molar-refractivity contribution >= 4 is 12.0 Å². The number of alkyl halides is 1. The minimum absolute atomic E-state index is 0.0642. The Balaban J connectivity index is 1.89. The van der Waals surface area contributed by atoms with Gasteiger partial charge in [-0.15, -0.1) is 0 Å². The van der Waals surface area contributed by atoms with Crippen LogP contribution in [-0.4, -0.2) is 46.2 Å². The van der Waals surface area contributed by atoms with Gasteiger partial charge in [-0.05, 0) is 56.4 Å². The van der Waals surface area contributed by atoms with E-state index in [4.69, 9.17) is 4.74 Å². The second-order valence-electron chi connectivity index (χ2n) is 9.95. The van der Waals surface area contributed by atoms with Crippen LogP contribution in [-0.2, 0) is 9.53 Å². The van der Waals surface area contributed by atoms with E-state index in [0.29, 0.717) is 11.6 Å². The Morgan fingerprint density at radius 2 is 1.88 bits per heavy atom. The average molecular weight is 456 g/mol. The van der Waals surface area contributed by atoms with Gasteiger partial charge in [0.15, 0.2) is 0 Å². The predicted molar refractivity (Wildman–Crippen MR) is 126 cm³/mol. The minimum atomic E-state index is -1.28. The fourth-order valence-corrected chi connectivity index (χ4v) is 4.12. The number of aryl methyl sites for hydroxylation is 1. The number of rotatable bonds is 5. The molecule has 1 aromatic heterocycles. The zero-order chi connectivity index (χ0) is 24.3. The fourth-order valence-electron chi connectivity index (χ4n) is 4.12. The van der Waals surface area contributed by atoms with Crippen molar-refractivity contribution < 1.29 is 18.7 Å². The average Bonchev–Trinajstić information content (AvgIpc) is 3.13. The van der Waals surface area contributed by atoms with Crippen molar-refractivity contribution in [1.29, 1.82) is 0 Å². The second kappa shape index (κ2) is 9.89. The van der Waals surface area contributed by atoms with Crippen molar-refractivity contribution in [3.05, 3.63) is 65.0 Å². The standard InChI is InChI=1S/C26H34FN3O3/c1-16(2)20-14-28-21(12-17(20)3)23(18-10-8-7-9-11-18)29-24(31)22-13-19(27)15-30(22)25(32)33-26(4,5)6/h7-12,14,16,19,22-23H,13,15H2,1-6H3,(H,29,31)/t19-,22+,23+/m1/s1. The number of carbonyl (C=O) groups excluding carboxylic acids is 2. The highest BCUT2D eigenvalue weighted by Crippen LogP contribution is 2.28. The molecule has 1 aliphatic rings. The molecule has 0 radical (unpaired) electrons. The molecule has 0 spiro atoms. The molecule has 0 bridgehead atoms. The topological polar surface area (TPSA) is 71.5 Å². The molecule has 33 heavy (non-hydrogen) atoms. The normalized spacial score (nSPS) is 19.5. The summed E-state index contributed by atoms with van der Waals surface area (Å²) < 4.78 is 19.7. The number of pyridine rings is 1. The lowest BCUT2D eigenvalue weighted by molar-refractivity contribution is -0.126. The summed E-state index contributed by atoms with van der Waals surface area (Å²) in [6.07, 6.45) is -0.188. The Labute approximate surface area is 195 Å². The van der Waals surface area contributed by atoms with E-state index in [1.54, 1.807) is 20.8 Å². The Morgan fingerprint density at radius 1 is 1.21 bits per heavy atom. The van der Waals surface area contributed by atoms with Gasteiger partial charge in [-0.25, -0.2) is 9.18 Å². The minimum Gasteiger partial charge on any atom is -0.444 e. The Kier molecular flexibility index (Phi) is 7.40. The molecule has 1 fully saturated rings. The van der Waals surface area contributed by atoms with Gasteiger partial charge < -0.3 is 10.1 Å². The number of amides is 2. The molecule has 0 aliphatic carbocycles. The molecule has 1 saturated heterocycles. The SMILES string of the molecule is Cc1cc([C@@H](NC(=O)[C@@H]2C[C@@H](F)CN2C(=O)OC(C)(C)C)c2ccccc2)ncc1C(C)C. The smallest absolute Gasteiger partial charge is 0.411 e. The monoisotopic (exact) mass is 455 g/mol. The number of hydrogen-bond donors (Lipinski definition) is 1. The summed E-state index contributed by atoms with van der Waals surface area (Å²) in [5.41, 5.74) is 3.04. The van der Waals surface area contributed by atoms with Crippen molar-refractivity contribution in [2.75, 3.05) is 6.54 Å². The molecule has 1 aliphatic heterocycles. The first kappa shape index (κ1) is 24.7. The highest BCUT2D eigenvalue weighted by atomic mass is 19.1. The van der Waals surface area contributed by atoms with E-state index in [1.807, 2.05) is 49.5 Å². The van der Waals surface area contributed by atoms with Gasteiger partial charge in [0.2, 0.25) is 5.91 Å². The summed E-state index contributed by atoms with van der Waals surface area (Å²) in [6, 6.07) is 10.0. The van der Waals surface area contributed by atoms with Crippen molar-refractivity contribution in [3.63, 3.8) is 0 Å². The summed E-state index contributed by atoms with van der Waals surface area (Å²) in [5, 5.41) is 3.02. The van der Waals surface area contributed by atoms with Crippen LogP contribution in [0.5, 0.6) is 0 Å². The van der Waals surface area contributed by atoms with Crippen LogP contribution < -0.4 is 5.32 Å². The lowest BCUT2D eigenvalue weighted by atomic mass is 9.96. The highest BCUT2D eigenvalue weighted by molar-refractivity contribution is 5.87. The van der Waals surface area contributed by atoms with Crippen LogP contribution in [0.4, 0.5) is 9.18 Å². The molecule has 3 rings (SSSR count). The number of benzene rings is 1. The molecule has 2 aromatic rings. The van der Waals surface area contributed by atoms with E-state index in [-0.39, 0.29) is 13.0 Å². The maximum Gasteiger partial charge on any atom is 0.411 e. The second-order valence-corrected chi connectivity index (χ2v) is 9.95. The van der Waals surface area contributed by atoms with Gasteiger partial charge in [0.1, 0.15) is 17.8 Å². The van der Waals surface area contributed by atoms with Gasteiger partial charge in [-0.1, -0.05) is 44.2 Å². The van der Waals surface area contributed by atoms with Crippen LogP contribution >= 0.6 is 0 Å². The largest absolute Gasteiger partial charge is 0.444 e. The van der Waals surface area contributed by atoms with E-state index in [0.717, 1.165) is 16.7 Å². The van der Waals surface area contributed by atoms with Crippen LogP contribution in [0.15, 0.2) is 42.6 Å². The Bertz CT molecular complexity index is 988. The van der Waals surface area contributed by atoms with Crippen molar-refractivity contribution in [3.8, 4) is 0 Å². The fraction of sp³-hybridized carbons (Fsp3) is 0.500. The van der Waals surface area contributed by atoms with Crippen LogP contribution in [0.1, 0.15) is 75.4 Å².